The lowest BCUT2D eigenvalue weighted by Crippen LogP contribution is -2.28. The average molecular weight is 206 g/mol. The van der Waals surface area contributed by atoms with Gasteiger partial charge in [0.25, 0.3) is 5.91 Å². The number of aromatic nitrogens is 1. The van der Waals surface area contributed by atoms with E-state index >= 15 is 0 Å². The summed E-state index contributed by atoms with van der Waals surface area (Å²) in [7, 11) is 1.59. The van der Waals surface area contributed by atoms with Crippen LogP contribution in [0.2, 0.25) is 0 Å². The third-order valence-corrected chi connectivity index (χ3v) is 2.21. The Labute approximate surface area is 85.9 Å². The Kier molecular flexibility index (Phi) is 2.39. The molecule has 15 heavy (non-hydrogen) atoms. The molecule has 0 aliphatic carbocycles. The summed E-state index contributed by atoms with van der Waals surface area (Å²) in [5.41, 5.74) is 2.02. The Balaban J connectivity index is 2.39. The van der Waals surface area contributed by atoms with Gasteiger partial charge in [-0.15, -0.1) is 0 Å². The molecule has 1 amide bonds. The number of anilines is 1. The number of oxazole rings is 1. The molecule has 1 N–H and O–H groups in total. The molecule has 0 atom stereocenters. The average Bonchev–Trinajstić information content (AvgIpc) is 2.73. The summed E-state index contributed by atoms with van der Waals surface area (Å²) in [5.74, 6) is -0.367. The molecule has 0 saturated heterocycles. The van der Waals surface area contributed by atoms with Crippen LogP contribution in [0.15, 0.2) is 29.0 Å². The number of likely N-dealkylation sites (N-methyl/N-ethyl adjacent to an activating group) is 1. The Morgan fingerprint density at radius 3 is 3.13 bits per heavy atom. The van der Waals surface area contributed by atoms with Gasteiger partial charge < -0.3 is 14.4 Å². The van der Waals surface area contributed by atoms with Crippen molar-refractivity contribution in [3.8, 4) is 0 Å². The van der Waals surface area contributed by atoms with Gasteiger partial charge in [0.15, 0.2) is 12.0 Å². The third-order valence-electron chi connectivity index (χ3n) is 2.21. The Morgan fingerprint density at radius 1 is 1.60 bits per heavy atom. The van der Waals surface area contributed by atoms with E-state index in [2.05, 4.69) is 4.98 Å². The van der Waals surface area contributed by atoms with Crippen molar-refractivity contribution in [2.75, 3.05) is 18.6 Å². The standard InChI is InChI=1S/C10H10N2O3/c1-12(10(14)5-13)7-2-3-8-9(4-7)15-6-11-8/h2-4,6,13H,5H2,1H3. The smallest absolute Gasteiger partial charge is 0.252 e. The van der Waals surface area contributed by atoms with Crippen LogP contribution in [0.5, 0.6) is 0 Å². The Bertz CT molecular complexity index is 492. The number of rotatable bonds is 2. The van der Waals surface area contributed by atoms with E-state index in [0.29, 0.717) is 11.3 Å². The highest BCUT2D eigenvalue weighted by Gasteiger charge is 2.10. The summed E-state index contributed by atoms with van der Waals surface area (Å²) in [4.78, 5) is 16.5. The largest absolute Gasteiger partial charge is 0.443 e. The minimum Gasteiger partial charge on any atom is -0.443 e. The number of carbonyl (C=O) groups excluding carboxylic acids is 1. The lowest BCUT2D eigenvalue weighted by molar-refractivity contribution is -0.120. The fourth-order valence-corrected chi connectivity index (χ4v) is 1.30. The minimum absolute atomic E-state index is 0.367. The maximum absolute atomic E-state index is 11.2. The Morgan fingerprint density at radius 2 is 2.40 bits per heavy atom. The van der Waals surface area contributed by atoms with E-state index in [4.69, 9.17) is 9.52 Å². The van der Waals surface area contributed by atoms with Gasteiger partial charge in [-0.05, 0) is 12.1 Å². The van der Waals surface area contributed by atoms with Crippen LogP contribution in [-0.4, -0.2) is 29.7 Å². The third kappa shape index (κ3) is 1.69. The second-order valence-corrected chi connectivity index (χ2v) is 3.12. The zero-order valence-corrected chi connectivity index (χ0v) is 8.17. The molecule has 2 rings (SSSR count). The van der Waals surface area contributed by atoms with Crippen molar-refractivity contribution in [2.24, 2.45) is 0 Å². The summed E-state index contributed by atoms with van der Waals surface area (Å²) < 4.78 is 5.11. The molecule has 78 valence electrons. The van der Waals surface area contributed by atoms with E-state index in [-0.39, 0.29) is 5.91 Å². The SMILES string of the molecule is CN(C(=O)CO)c1ccc2ncoc2c1. The van der Waals surface area contributed by atoms with Crippen LogP contribution in [0.3, 0.4) is 0 Å². The van der Waals surface area contributed by atoms with Crippen molar-refractivity contribution >= 4 is 22.7 Å². The monoisotopic (exact) mass is 206 g/mol. The lowest BCUT2D eigenvalue weighted by atomic mass is 10.2. The molecule has 5 heteroatoms. The molecule has 0 aliphatic rings. The highest BCUT2D eigenvalue weighted by Crippen LogP contribution is 2.20. The lowest BCUT2D eigenvalue weighted by Gasteiger charge is -2.15. The van der Waals surface area contributed by atoms with Crippen molar-refractivity contribution in [3.63, 3.8) is 0 Å². The maximum Gasteiger partial charge on any atom is 0.252 e. The van der Waals surface area contributed by atoms with Crippen LogP contribution in [-0.2, 0) is 4.79 Å². The molecule has 2 aromatic rings. The zero-order valence-electron chi connectivity index (χ0n) is 8.17. The summed E-state index contributed by atoms with van der Waals surface area (Å²) in [6.07, 6.45) is 1.35. The van der Waals surface area contributed by atoms with Crippen LogP contribution in [0, 0.1) is 0 Å². The van der Waals surface area contributed by atoms with Crippen LogP contribution >= 0.6 is 0 Å². The van der Waals surface area contributed by atoms with Crippen LogP contribution in [0.1, 0.15) is 0 Å². The van der Waals surface area contributed by atoms with Gasteiger partial charge in [-0.25, -0.2) is 4.98 Å². The molecule has 0 unspecified atom stereocenters. The van der Waals surface area contributed by atoms with Gasteiger partial charge in [0.05, 0.1) is 0 Å². The highest BCUT2D eigenvalue weighted by atomic mass is 16.3. The molecule has 1 aromatic heterocycles. The van der Waals surface area contributed by atoms with Crippen LogP contribution in [0.4, 0.5) is 5.69 Å². The predicted octanol–water partition coefficient (Wildman–Crippen LogP) is 0.783. The van der Waals surface area contributed by atoms with Crippen molar-refractivity contribution < 1.29 is 14.3 Å². The van der Waals surface area contributed by atoms with Gasteiger partial charge in [-0.1, -0.05) is 0 Å². The number of amides is 1. The quantitative estimate of drug-likeness (QED) is 0.788. The topological polar surface area (TPSA) is 66.6 Å². The normalized spacial score (nSPS) is 10.5. The van der Waals surface area contributed by atoms with Gasteiger partial charge in [0.1, 0.15) is 12.1 Å². The van der Waals surface area contributed by atoms with Crippen LogP contribution < -0.4 is 4.90 Å². The number of aliphatic hydroxyl groups excluding tert-OH is 1. The number of nitrogens with zero attached hydrogens (tertiary/aromatic N) is 2. The Hall–Kier alpha value is -1.88. The first-order chi connectivity index (χ1) is 7.22. The summed E-state index contributed by atoms with van der Waals surface area (Å²) in [6.45, 7) is -0.509. The maximum atomic E-state index is 11.2. The van der Waals surface area contributed by atoms with E-state index in [1.165, 1.54) is 11.3 Å². The fraction of sp³-hybridized carbons (Fsp3) is 0.200. The molecular weight excluding hydrogens is 196 g/mol. The summed E-state index contributed by atoms with van der Waals surface area (Å²) in [5, 5.41) is 8.71. The number of hydrogen-bond acceptors (Lipinski definition) is 4. The van der Waals surface area contributed by atoms with E-state index in [1.807, 2.05) is 0 Å². The number of benzene rings is 1. The first-order valence-electron chi connectivity index (χ1n) is 4.43. The molecule has 1 aromatic carbocycles. The second-order valence-electron chi connectivity index (χ2n) is 3.12. The first-order valence-corrected chi connectivity index (χ1v) is 4.43. The molecular formula is C10H10N2O3. The van der Waals surface area contributed by atoms with Crippen molar-refractivity contribution in [3.05, 3.63) is 24.6 Å². The number of fused-ring (bicyclic) bond motifs is 1. The van der Waals surface area contributed by atoms with Gasteiger partial charge in [0, 0.05) is 18.8 Å². The van der Waals surface area contributed by atoms with E-state index in [9.17, 15) is 4.79 Å². The number of carbonyl (C=O) groups is 1. The van der Waals surface area contributed by atoms with E-state index in [0.717, 1.165) is 5.52 Å². The second kappa shape index (κ2) is 3.70. The molecule has 0 saturated carbocycles. The molecule has 0 fully saturated rings. The molecule has 0 radical (unpaired) electrons. The molecule has 0 spiro atoms. The van der Waals surface area contributed by atoms with Gasteiger partial charge in [-0.2, -0.15) is 0 Å². The summed E-state index contributed by atoms with van der Waals surface area (Å²) >= 11 is 0. The van der Waals surface area contributed by atoms with Crippen LogP contribution in [0.25, 0.3) is 11.1 Å². The predicted molar refractivity (Wildman–Crippen MR) is 54.5 cm³/mol. The van der Waals surface area contributed by atoms with E-state index < -0.39 is 6.61 Å². The number of aliphatic hydroxyl groups is 1. The first kappa shape index (κ1) is 9.67. The molecule has 0 bridgehead atoms. The van der Waals surface area contributed by atoms with Crippen molar-refractivity contribution in [1.82, 2.24) is 4.98 Å². The minimum atomic E-state index is -0.509. The van der Waals surface area contributed by atoms with Gasteiger partial charge in [0.2, 0.25) is 0 Å². The fourth-order valence-electron chi connectivity index (χ4n) is 1.30. The zero-order chi connectivity index (χ0) is 10.8. The molecule has 0 aliphatic heterocycles. The number of hydrogen-bond donors (Lipinski definition) is 1. The van der Waals surface area contributed by atoms with Gasteiger partial charge in [-0.3, -0.25) is 4.79 Å². The van der Waals surface area contributed by atoms with Crippen molar-refractivity contribution in [2.45, 2.75) is 0 Å². The van der Waals surface area contributed by atoms with E-state index in [1.54, 1.807) is 25.2 Å². The molecule has 5 nitrogen and oxygen atoms in total. The summed E-state index contributed by atoms with van der Waals surface area (Å²) in [6, 6.07) is 5.21. The molecule has 1 heterocycles. The van der Waals surface area contributed by atoms with Crippen molar-refractivity contribution in [1.29, 1.82) is 0 Å². The van der Waals surface area contributed by atoms with Gasteiger partial charge >= 0.3 is 0 Å². The highest BCUT2D eigenvalue weighted by molar-refractivity contribution is 5.95.